The maximum atomic E-state index is 10.0. The van der Waals surface area contributed by atoms with Crippen molar-refractivity contribution in [3.05, 3.63) is 0 Å². The molecule has 0 aromatic carbocycles. The van der Waals surface area contributed by atoms with Crippen LogP contribution in [0, 0.1) is 0 Å². The minimum atomic E-state index is 0. The zero-order valence-electron chi connectivity index (χ0n) is 15.7. The van der Waals surface area contributed by atoms with Crippen molar-refractivity contribution in [3.63, 3.8) is 0 Å². The maximum Gasteiger partial charge on any atom is 1.00 e. The van der Waals surface area contributed by atoms with Crippen LogP contribution in [0.2, 0.25) is 0 Å². The van der Waals surface area contributed by atoms with Crippen LogP contribution in [0.3, 0.4) is 0 Å². The molecule has 0 radical (unpaired) electrons. The minimum Gasteiger partial charge on any atom is -1.00 e. The van der Waals surface area contributed by atoms with Crippen molar-refractivity contribution in [2.45, 2.75) is 96.8 Å². The smallest absolute Gasteiger partial charge is 1.00 e. The predicted octanol–water partition coefficient (Wildman–Crippen LogP) is 2.80. The molecule has 0 amide bonds. The SMILES string of the molecule is CCCCCCCCCCCCCCCCOCC=O.[H-].[Na+]. The average Bonchev–Trinajstić information content (AvgIpc) is 2.47. The fourth-order valence-corrected chi connectivity index (χ4v) is 2.53. The van der Waals surface area contributed by atoms with Gasteiger partial charge < -0.3 is 11.0 Å². The van der Waals surface area contributed by atoms with Gasteiger partial charge in [-0.3, -0.25) is 0 Å². The molecule has 0 rings (SSSR count). The van der Waals surface area contributed by atoms with Crippen molar-refractivity contribution in [3.8, 4) is 0 Å². The number of hydrogen-bond donors (Lipinski definition) is 0. The normalized spacial score (nSPS) is 10.3. The van der Waals surface area contributed by atoms with Crippen molar-refractivity contribution in [2.24, 2.45) is 0 Å². The molecular weight excluding hydrogens is 271 g/mol. The molecule has 0 unspecified atom stereocenters. The van der Waals surface area contributed by atoms with Crippen molar-refractivity contribution in [1.82, 2.24) is 0 Å². The van der Waals surface area contributed by atoms with Gasteiger partial charge in [0.1, 0.15) is 12.9 Å². The molecule has 0 atom stereocenters. The molecular formula is C18H37NaO2. The van der Waals surface area contributed by atoms with Gasteiger partial charge in [-0.05, 0) is 6.42 Å². The van der Waals surface area contributed by atoms with E-state index in [0.29, 0.717) is 0 Å². The molecule has 0 aliphatic rings. The Kier molecular flexibility index (Phi) is 26.1. The van der Waals surface area contributed by atoms with Crippen LogP contribution in [0.15, 0.2) is 0 Å². The monoisotopic (exact) mass is 308 g/mol. The summed E-state index contributed by atoms with van der Waals surface area (Å²) in [6.45, 7) is 3.29. The standard InChI is InChI=1S/C18H36O2.Na.H/c1-2-3-4-5-6-7-8-9-10-11-12-13-14-15-17-20-18-16-19;;/h16H,2-15,17-18H2,1H3;;/q;+1;-1. The Morgan fingerprint density at radius 2 is 1.10 bits per heavy atom. The topological polar surface area (TPSA) is 26.3 Å². The molecule has 0 aromatic heterocycles. The van der Waals surface area contributed by atoms with E-state index in [1.54, 1.807) is 0 Å². The number of rotatable bonds is 17. The van der Waals surface area contributed by atoms with Crippen LogP contribution in [0.1, 0.15) is 98.2 Å². The Hall–Kier alpha value is 0.630. The second-order valence-corrected chi connectivity index (χ2v) is 5.84. The second-order valence-electron chi connectivity index (χ2n) is 5.84. The molecule has 0 spiro atoms. The van der Waals surface area contributed by atoms with Crippen LogP contribution in [-0.2, 0) is 9.53 Å². The first-order valence-electron chi connectivity index (χ1n) is 8.93. The number of unbranched alkanes of at least 4 members (excludes halogenated alkanes) is 13. The Labute approximate surface area is 156 Å². The fraction of sp³-hybridized carbons (Fsp3) is 0.944. The van der Waals surface area contributed by atoms with Crippen LogP contribution in [-0.4, -0.2) is 19.5 Å². The van der Waals surface area contributed by atoms with Crippen molar-refractivity contribution >= 4 is 6.29 Å². The van der Waals surface area contributed by atoms with Gasteiger partial charge in [0.2, 0.25) is 0 Å². The zero-order valence-corrected chi connectivity index (χ0v) is 16.7. The molecule has 0 N–H and O–H groups in total. The minimum absolute atomic E-state index is 0. The summed E-state index contributed by atoms with van der Waals surface area (Å²) in [5.41, 5.74) is 0. The molecule has 0 bridgehead atoms. The van der Waals surface area contributed by atoms with E-state index in [9.17, 15) is 4.79 Å². The summed E-state index contributed by atoms with van der Waals surface area (Å²) >= 11 is 0. The van der Waals surface area contributed by atoms with Gasteiger partial charge in [-0.2, -0.15) is 0 Å². The van der Waals surface area contributed by atoms with E-state index >= 15 is 0 Å². The van der Waals surface area contributed by atoms with Gasteiger partial charge in [-0.15, -0.1) is 0 Å². The van der Waals surface area contributed by atoms with Gasteiger partial charge >= 0.3 is 29.6 Å². The molecule has 0 fully saturated rings. The molecule has 0 aromatic rings. The van der Waals surface area contributed by atoms with E-state index in [2.05, 4.69) is 6.92 Å². The van der Waals surface area contributed by atoms with Gasteiger partial charge in [0.15, 0.2) is 0 Å². The average molecular weight is 308 g/mol. The summed E-state index contributed by atoms with van der Waals surface area (Å²) < 4.78 is 5.12. The molecule has 122 valence electrons. The van der Waals surface area contributed by atoms with Crippen LogP contribution < -0.4 is 29.6 Å². The van der Waals surface area contributed by atoms with Crippen LogP contribution >= 0.6 is 0 Å². The summed E-state index contributed by atoms with van der Waals surface area (Å²) in [6.07, 6.45) is 20.1. The maximum absolute atomic E-state index is 10.0. The van der Waals surface area contributed by atoms with Crippen molar-refractivity contribution in [1.29, 1.82) is 0 Å². The summed E-state index contributed by atoms with van der Waals surface area (Å²) in [4.78, 5) is 10.0. The first-order chi connectivity index (χ1) is 9.91. The quantitative estimate of drug-likeness (QED) is 0.235. The first-order valence-corrected chi connectivity index (χ1v) is 8.93. The molecule has 0 aliphatic heterocycles. The van der Waals surface area contributed by atoms with Crippen LogP contribution in [0.5, 0.6) is 0 Å². The molecule has 0 saturated heterocycles. The third kappa shape index (κ3) is 23.0. The van der Waals surface area contributed by atoms with Crippen molar-refractivity contribution < 1.29 is 40.5 Å². The molecule has 0 heterocycles. The molecule has 3 heteroatoms. The molecule has 0 saturated carbocycles. The largest absolute Gasteiger partial charge is 1.00 e. The van der Waals surface area contributed by atoms with Gasteiger partial charge in [0.25, 0.3) is 0 Å². The Morgan fingerprint density at radius 1 is 0.714 bits per heavy atom. The third-order valence-corrected chi connectivity index (χ3v) is 3.83. The summed E-state index contributed by atoms with van der Waals surface area (Å²) in [5, 5.41) is 0. The number of aldehydes is 1. The van der Waals surface area contributed by atoms with E-state index in [4.69, 9.17) is 4.74 Å². The molecule has 0 aliphatic carbocycles. The van der Waals surface area contributed by atoms with E-state index in [1.165, 1.54) is 83.5 Å². The second kappa shape index (κ2) is 22.9. The summed E-state index contributed by atoms with van der Waals surface area (Å²) in [6, 6.07) is 0. The van der Waals surface area contributed by atoms with Crippen LogP contribution in [0.4, 0.5) is 0 Å². The van der Waals surface area contributed by atoms with E-state index in [1.807, 2.05) is 0 Å². The van der Waals surface area contributed by atoms with Crippen molar-refractivity contribution in [2.75, 3.05) is 13.2 Å². The Balaban J connectivity index is -0.00000180. The Morgan fingerprint density at radius 3 is 1.48 bits per heavy atom. The van der Waals surface area contributed by atoms with Gasteiger partial charge in [0, 0.05) is 6.61 Å². The van der Waals surface area contributed by atoms with Gasteiger partial charge in [0.05, 0.1) is 0 Å². The number of carbonyl (C=O) groups excluding carboxylic acids is 1. The van der Waals surface area contributed by atoms with Crippen LogP contribution in [0.25, 0.3) is 0 Å². The number of ether oxygens (including phenoxy) is 1. The van der Waals surface area contributed by atoms with E-state index in [-0.39, 0.29) is 37.6 Å². The van der Waals surface area contributed by atoms with Gasteiger partial charge in [-0.25, -0.2) is 0 Å². The fourth-order valence-electron chi connectivity index (χ4n) is 2.53. The van der Waals surface area contributed by atoms with E-state index in [0.717, 1.165) is 19.3 Å². The molecule has 21 heavy (non-hydrogen) atoms. The van der Waals surface area contributed by atoms with E-state index < -0.39 is 0 Å². The van der Waals surface area contributed by atoms with Gasteiger partial charge in [-0.1, -0.05) is 90.4 Å². The summed E-state index contributed by atoms with van der Waals surface area (Å²) in [7, 11) is 0. The summed E-state index contributed by atoms with van der Waals surface area (Å²) in [5.74, 6) is 0. The Bertz CT molecular complexity index is 192. The third-order valence-electron chi connectivity index (χ3n) is 3.83. The first kappa shape index (κ1) is 23.9. The predicted molar refractivity (Wildman–Crippen MR) is 88.3 cm³/mol. The zero-order chi connectivity index (χ0) is 14.7. The number of carbonyl (C=O) groups is 1. The molecule has 2 nitrogen and oxygen atoms in total. The number of hydrogen-bond acceptors (Lipinski definition) is 2.